The molecule has 2 rings (SSSR count). The number of nitrogens with zero attached hydrogens (tertiary/aromatic N) is 1. The molecule has 0 aliphatic rings. The smallest absolute Gasteiger partial charge is 0.348 e. The van der Waals surface area contributed by atoms with E-state index in [4.69, 9.17) is 16.0 Å². The van der Waals surface area contributed by atoms with Gasteiger partial charge in [0.1, 0.15) is 11.1 Å². The van der Waals surface area contributed by atoms with Gasteiger partial charge in [-0.1, -0.05) is 11.6 Å². The standard InChI is InChI=1S/C12H10ClNO3/c1-14(2)7-3-4-8-10(5-7)17-12(16)9(6-15)11(8)13/h3-6H,1-2H3. The summed E-state index contributed by atoms with van der Waals surface area (Å²) in [5.41, 5.74) is 0.401. The van der Waals surface area contributed by atoms with Crippen molar-refractivity contribution in [2.24, 2.45) is 0 Å². The van der Waals surface area contributed by atoms with E-state index in [2.05, 4.69) is 0 Å². The highest BCUT2D eigenvalue weighted by molar-refractivity contribution is 6.37. The van der Waals surface area contributed by atoms with E-state index in [9.17, 15) is 9.59 Å². The second kappa shape index (κ2) is 4.22. The summed E-state index contributed by atoms with van der Waals surface area (Å²) in [6.45, 7) is 0. The van der Waals surface area contributed by atoms with Crippen molar-refractivity contribution in [1.29, 1.82) is 0 Å². The molecule has 1 heterocycles. The highest BCUT2D eigenvalue weighted by atomic mass is 35.5. The molecule has 1 aromatic carbocycles. The van der Waals surface area contributed by atoms with Gasteiger partial charge in [-0.05, 0) is 12.1 Å². The van der Waals surface area contributed by atoms with Crippen LogP contribution in [-0.2, 0) is 0 Å². The Bertz CT molecular complexity index is 646. The van der Waals surface area contributed by atoms with Gasteiger partial charge in [-0.2, -0.15) is 0 Å². The van der Waals surface area contributed by atoms with Crippen LogP contribution >= 0.6 is 11.6 Å². The first kappa shape index (κ1) is 11.7. The van der Waals surface area contributed by atoms with Gasteiger partial charge >= 0.3 is 5.63 Å². The molecule has 0 saturated heterocycles. The lowest BCUT2D eigenvalue weighted by Gasteiger charge is -2.12. The number of halogens is 1. The molecule has 0 amide bonds. The first-order valence-corrected chi connectivity index (χ1v) is 5.31. The maximum atomic E-state index is 11.5. The lowest BCUT2D eigenvalue weighted by atomic mass is 10.1. The van der Waals surface area contributed by atoms with Crippen molar-refractivity contribution in [3.05, 3.63) is 39.2 Å². The fraction of sp³-hybridized carbons (Fsp3) is 0.167. The largest absolute Gasteiger partial charge is 0.422 e. The third kappa shape index (κ3) is 1.91. The second-order valence-electron chi connectivity index (χ2n) is 3.81. The average Bonchev–Trinajstić information content (AvgIpc) is 2.28. The zero-order valence-electron chi connectivity index (χ0n) is 9.36. The third-order valence-corrected chi connectivity index (χ3v) is 2.90. The van der Waals surface area contributed by atoms with Gasteiger partial charge in [0.2, 0.25) is 0 Å². The summed E-state index contributed by atoms with van der Waals surface area (Å²) in [5, 5.41) is 0.690. The maximum absolute atomic E-state index is 11.5. The van der Waals surface area contributed by atoms with E-state index in [1.54, 1.807) is 12.1 Å². The minimum atomic E-state index is -0.714. The molecule has 17 heavy (non-hydrogen) atoms. The van der Waals surface area contributed by atoms with E-state index in [0.717, 1.165) is 5.69 Å². The zero-order valence-corrected chi connectivity index (χ0v) is 10.1. The molecule has 4 nitrogen and oxygen atoms in total. The van der Waals surface area contributed by atoms with Crippen molar-refractivity contribution in [2.45, 2.75) is 0 Å². The van der Waals surface area contributed by atoms with E-state index in [1.165, 1.54) is 0 Å². The van der Waals surface area contributed by atoms with E-state index in [0.29, 0.717) is 17.3 Å². The van der Waals surface area contributed by atoms with Crippen LogP contribution in [0.2, 0.25) is 5.02 Å². The minimum absolute atomic E-state index is 0.136. The molecule has 1 aromatic heterocycles. The van der Waals surface area contributed by atoms with Gasteiger partial charge in [0.25, 0.3) is 0 Å². The number of hydrogen-bond donors (Lipinski definition) is 0. The monoisotopic (exact) mass is 251 g/mol. The molecule has 0 N–H and O–H groups in total. The van der Waals surface area contributed by atoms with Crippen LogP contribution in [0.3, 0.4) is 0 Å². The van der Waals surface area contributed by atoms with Gasteiger partial charge < -0.3 is 9.32 Å². The van der Waals surface area contributed by atoms with Crippen molar-refractivity contribution in [3.8, 4) is 0 Å². The Morgan fingerprint density at radius 3 is 2.65 bits per heavy atom. The van der Waals surface area contributed by atoms with Gasteiger partial charge in [-0.3, -0.25) is 4.79 Å². The molecule has 0 spiro atoms. The lowest BCUT2D eigenvalue weighted by Crippen LogP contribution is -2.10. The number of carbonyl (C=O) groups excluding carboxylic acids is 1. The maximum Gasteiger partial charge on any atom is 0.348 e. The molecule has 88 valence electrons. The predicted molar refractivity (Wildman–Crippen MR) is 67.2 cm³/mol. The van der Waals surface area contributed by atoms with E-state index in [1.807, 2.05) is 25.1 Å². The number of fused-ring (bicyclic) bond motifs is 1. The number of carbonyl (C=O) groups is 1. The van der Waals surface area contributed by atoms with Crippen LogP contribution in [0.15, 0.2) is 27.4 Å². The summed E-state index contributed by atoms with van der Waals surface area (Å²) in [7, 11) is 3.75. The highest BCUT2D eigenvalue weighted by Gasteiger charge is 2.12. The molecule has 0 aliphatic carbocycles. The fourth-order valence-corrected chi connectivity index (χ4v) is 1.82. The Hall–Kier alpha value is -1.81. The van der Waals surface area contributed by atoms with Gasteiger partial charge in [0.15, 0.2) is 6.29 Å². The normalized spacial score (nSPS) is 10.5. The third-order valence-electron chi connectivity index (χ3n) is 2.49. The molecule has 5 heteroatoms. The van der Waals surface area contributed by atoms with Crippen LogP contribution in [0.5, 0.6) is 0 Å². The summed E-state index contributed by atoms with van der Waals surface area (Å²) in [4.78, 5) is 24.1. The number of aldehydes is 1. The van der Waals surface area contributed by atoms with Crippen LogP contribution < -0.4 is 10.5 Å². The number of hydrogen-bond acceptors (Lipinski definition) is 4. The zero-order chi connectivity index (χ0) is 12.6. The van der Waals surface area contributed by atoms with Crippen LogP contribution in [0, 0.1) is 0 Å². The van der Waals surface area contributed by atoms with Crippen LogP contribution in [0.25, 0.3) is 11.0 Å². The molecule has 0 atom stereocenters. The first-order chi connectivity index (χ1) is 8.04. The van der Waals surface area contributed by atoms with E-state index >= 15 is 0 Å². The van der Waals surface area contributed by atoms with Crippen LogP contribution in [0.4, 0.5) is 5.69 Å². The van der Waals surface area contributed by atoms with E-state index < -0.39 is 5.63 Å². The predicted octanol–water partition coefficient (Wildman–Crippen LogP) is 2.32. The molecule has 0 bridgehead atoms. The van der Waals surface area contributed by atoms with Crippen LogP contribution in [-0.4, -0.2) is 20.4 Å². The Kier molecular flexibility index (Phi) is 2.90. The topological polar surface area (TPSA) is 50.5 Å². The Morgan fingerprint density at radius 2 is 2.06 bits per heavy atom. The lowest BCUT2D eigenvalue weighted by molar-refractivity contribution is 0.112. The summed E-state index contributed by atoms with van der Waals surface area (Å²) < 4.78 is 5.06. The highest BCUT2D eigenvalue weighted by Crippen LogP contribution is 2.27. The number of benzene rings is 1. The summed E-state index contributed by atoms with van der Waals surface area (Å²) in [6, 6.07) is 5.27. The van der Waals surface area contributed by atoms with Crippen molar-refractivity contribution in [3.63, 3.8) is 0 Å². The molecule has 0 fully saturated rings. The van der Waals surface area contributed by atoms with Gasteiger partial charge in [-0.25, -0.2) is 4.79 Å². The van der Waals surface area contributed by atoms with E-state index in [-0.39, 0.29) is 10.6 Å². The van der Waals surface area contributed by atoms with Gasteiger partial charge in [-0.15, -0.1) is 0 Å². The minimum Gasteiger partial charge on any atom is -0.422 e. The molecule has 0 radical (unpaired) electrons. The molecule has 0 saturated carbocycles. The summed E-state index contributed by atoms with van der Waals surface area (Å²) >= 11 is 5.97. The van der Waals surface area contributed by atoms with Crippen molar-refractivity contribution < 1.29 is 9.21 Å². The average molecular weight is 252 g/mol. The summed E-state index contributed by atoms with van der Waals surface area (Å²) in [5.74, 6) is 0. The number of anilines is 1. The SMILES string of the molecule is CN(C)c1ccc2c(Cl)c(C=O)c(=O)oc2c1. The number of rotatable bonds is 2. The van der Waals surface area contributed by atoms with Crippen molar-refractivity contribution in [1.82, 2.24) is 0 Å². The second-order valence-corrected chi connectivity index (χ2v) is 4.19. The molecule has 0 aliphatic heterocycles. The molecular formula is C12H10ClNO3. The Labute approximate surface area is 102 Å². The molecule has 0 unspecified atom stereocenters. The molecular weight excluding hydrogens is 242 g/mol. The quantitative estimate of drug-likeness (QED) is 0.607. The van der Waals surface area contributed by atoms with Crippen molar-refractivity contribution >= 4 is 34.5 Å². The molecule has 2 aromatic rings. The fourth-order valence-electron chi connectivity index (χ4n) is 1.54. The summed E-state index contributed by atoms with van der Waals surface area (Å²) in [6.07, 6.45) is 0.410. The van der Waals surface area contributed by atoms with Gasteiger partial charge in [0, 0.05) is 31.2 Å². The van der Waals surface area contributed by atoms with Gasteiger partial charge in [0.05, 0.1) is 5.02 Å². The Balaban J connectivity index is 2.82. The Morgan fingerprint density at radius 1 is 1.35 bits per heavy atom. The first-order valence-electron chi connectivity index (χ1n) is 4.93. The van der Waals surface area contributed by atoms with Crippen molar-refractivity contribution in [2.75, 3.05) is 19.0 Å². The van der Waals surface area contributed by atoms with Crippen LogP contribution in [0.1, 0.15) is 10.4 Å².